The van der Waals surface area contributed by atoms with Gasteiger partial charge in [0.05, 0.1) is 16.1 Å². The van der Waals surface area contributed by atoms with Crippen molar-refractivity contribution < 1.29 is 9.47 Å². The molecule has 0 saturated heterocycles. The zero-order valence-electron chi connectivity index (χ0n) is 21.6. The molecule has 0 aliphatic heterocycles. The van der Waals surface area contributed by atoms with Gasteiger partial charge in [-0.15, -0.1) is 0 Å². The second kappa shape index (κ2) is 8.54. The van der Waals surface area contributed by atoms with Crippen LogP contribution in [0.25, 0.3) is 11.1 Å². The summed E-state index contributed by atoms with van der Waals surface area (Å²) in [4.78, 5) is 0. The summed E-state index contributed by atoms with van der Waals surface area (Å²) in [6.45, 7) is 15.2. The summed E-state index contributed by atoms with van der Waals surface area (Å²) in [7, 11) is -3.58. The van der Waals surface area contributed by atoms with Crippen molar-refractivity contribution in [2.24, 2.45) is 0 Å². The monoisotopic (exact) mass is 494 g/mol. The molecule has 0 saturated carbocycles. The number of para-hydroxylation sites is 2. The van der Waals surface area contributed by atoms with Crippen LogP contribution in [0.4, 0.5) is 0 Å². The summed E-state index contributed by atoms with van der Waals surface area (Å²) in [6, 6.07) is 33.6. The van der Waals surface area contributed by atoms with Gasteiger partial charge in [0.15, 0.2) is 0 Å². The number of hydrogen-bond donors (Lipinski definition) is 0. The molecule has 0 atom stereocenters. The fraction of sp³-hybridized carbons (Fsp3) is 0.226. The van der Waals surface area contributed by atoms with E-state index in [0.717, 1.165) is 23.0 Å². The number of fused-ring (bicyclic) bond motifs is 3. The van der Waals surface area contributed by atoms with Crippen LogP contribution >= 0.6 is 0 Å². The van der Waals surface area contributed by atoms with E-state index in [1.165, 1.54) is 22.3 Å². The Kier molecular flexibility index (Phi) is 5.77. The molecule has 0 heterocycles. The Hall–Kier alpha value is -3.09. The molecule has 35 heavy (non-hydrogen) atoms. The molecular formula is C31H34O2Si2. The largest absolute Gasteiger partial charge is 0.457 e. The quantitative estimate of drug-likeness (QED) is 0.249. The first-order valence-electron chi connectivity index (χ1n) is 12.4. The molecule has 0 radical (unpaired) electrons. The van der Waals surface area contributed by atoms with Crippen LogP contribution in [0.2, 0.25) is 39.3 Å². The van der Waals surface area contributed by atoms with E-state index in [4.69, 9.17) is 9.47 Å². The van der Waals surface area contributed by atoms with Crippen LogP contribution in [0.3, 0.4) is 0 Å². The number of hydrogen-bond acceptors (Lipinski definition) is 2. The minimum atomic E-state index is -1.79. The third kappa shape index (κ3) is 3.95. The van der Waals surface area contributed by atoms with E-state index in [-0.39, 0.29) is 4.66 Å². The third-order valence-electron chi connectivity index (χ3n) is 7.29. The van der Waals surface area contributed by atoms with Gasteiger partial charge in [-0.1, -0.05) is 87.8 Å². The van der Waals surface area contributed by atoms with Crippen molar-refractivity contribution >= 4 is 16.1 Å². The van der Waals surface area contributed by atoms with E-state index in [1.54, 1.807) is 0 Å². The lowest BCUT2D eigenvalue weighted by Crippen LogP contribution is -2.63. The van der Waals surface area contributed by atoms with E-state index in [0.29, 0.717) is 0 Å². The highest BCUT2D eigenvalue weighted by atomic mass is 28.4. The zero-order valence-corrected chi connectivity index (χ0v) is 23.6. The van der Waals surface area contributed by atoms with Crippen LogP contribution < -0.4 is 9.47 Å². The highest BCUT2D eigenvalue weighted by molar-refractivity contribution is 6.99. The predicted octanol–water partition coefficient (Wildman–Crippen LogP) is 9.29. The minimum absolute atomic E-state index is 0.0246. The fourth-order valence-corrected chi connectivity index (χ4v) is 19.5. The van der Waals surface area contributed by atoms with Crippen molar-refractivity contribution in [1.29, 1.82) is 0 Å². The lowest BCUT2D eigenvalue weighted by Gasteiger charge is -2.51. The first-order valence-corrected chi connectivity index (χ1v) is 19.4. The van der Waals surface area contributed by atoms with Crippen molar-refractivity contribution in [3.05, 3.63) is 108 Å². The molecule has 0 unspecified atom stereocenters. The Balaban J connectivity index is 1.70. The van der Waals surface area contributed by atoms with Crippen molar-refractivity contribution in [2.45, 2.75) is 43.9 Å². The Morgan fingerprint density at radius 1 is 0.457 bits per heavy atom. The molecule has 0 N–H and O–H groups in total. The van der Waals surface area contributed by atoms with Crippen molar-refractivity contribution in [1.82, 2.24) is 0 Å². The maximum absolute atomic E-state index is 6.33. The average Bonchev–Trinajstić information content (AvgIpc) is 3.10. The Morgan fingerprint density at radius 2 is 0.829 bits per heavy atom. The van der Waals surface area contributed by atoms with Gasteiger partial charge < -0.3 is 9.47 Å². The molecule has 178 valence electrons. The standard InChI is InChI=1S/C31H34O2Si2/c1-34(2,3)31(35(4,5)6)29-21-25(32-23-13-9-7-10-14-23)17-19-27(29)28-20-18-26(22-30(28)31)33-24-15-11-8-12-16-24/h7-22H,1-6H3. The molecule has 1 aliphatic rings. The molecule has 5 rings (SSSR count). The first kappa shape index (κ1) is 23.6. The van der Waals surface area contributed by atoms with Gasteiger partial charge in [0.1, 0.15) is 23.0 Å². The normalized spacial score (nSPS) is 14.2. The molecule has 4 heteroatoms. The second-order valence-corrected chi connectivity index (χ2v) is 22.5. The molecule has 0 fully saturated rings. The lowest BCUT2D eigenvalue weighted by atomic mass is 10.1. The Bertz CT molecular complexity index is 1240. The van der Waals surface area contributed by atoms with Crippen LogP contribution in [0.15, 0.2) is 97.1 Å². The highest BCUT2D eigenvalue weighted by Crippen LogP contribution is 2.59. The van der Waals surface area contributed by atoms with Crippen LogP contribution in [0.1, 0.15) is 11.1 Å². The minimum Gasteiger partial charge on any atom is -0.457 e. The zero-order chi connectivity index (χ0) is 24.8. The van der Waals surface area contributed by atoms with E-state index >= 15 is 0 Å². The predicted molar refractivity (Wildman–Crippen MR) is 152 cm³/mol. The van der Waals surface area contributed by atoms with E-state index < -0.39 is 16.1 Å². The third-order valence-corrected chi connectivity index (χ3v) is 17.4. The smallest absolute Gasteiger partial charge is 0.127 e. The van der Waals surface area contributed by atoms with Gasteiger partial charge >= 0.3 is 0 Å². The first-order chi connectivity index (χ1) is 16.6. The van der Waals surface area contributed by atoms with E-state index in [9.17, 15) is 0 Å². The van der Waals surface area contributed by atoms with Gasteiger partial charge in [-0.05, 0) is 70.8 Å². The number of benzene rings is 4. The Labute approximate surface area is 211 Å². The number of ether oxygens (including phenoxy) is 2. The maximum atomic E-state index is 6.33. The molecule has 0 bridgehead atoms. The molecule has 2 nitrogen and oxygen atoms in total. The maximum Gasteiger partial charge on any atom is 0.127 e. The molecule has 4 aromatic rings. The fourth-order valence-electron chi connectivity index (χ4n) is 6.40. The van der Waals surface area contributed by atoms with Gasteiger partial charge in [-0.3, -0.25) is 0 Å². The molecule has 0 amide bonds. The molecule has 1 aliphatic carbocycles. The van der Waals surface area contributed by atoms with Gasteiger partial charge in [-0.25, -0.2) is 0 Å². The van der Waals surface area contributed by atoms with Crippen molar-refractivity contribution in [3.63, 3.8) is 0 Å². The summed E-state index contributed by atoms with van der Waals surface area (Å²) >= 11 is 0. The Morgan fingerprint density at radius 3 is 1.17 bits per heavy atom. The summed E-state index contributed by atoms with van der Waals surface area (Å²) in [5, 5.41) is 0. The van der Waals surface area contributed by atoms with Crippen LogP contribution in [-0.2, 0) is 4.66 Å². The van der Waals surface area contributed by atoms with Gasteiger partial charge in [-0.2, -0.15) is 0 Å². The van der Waals surface area contributed by atoms with Gasteiger partial charge in [0.2, 0.25) is 0 Å². The van der Waals surface area contributed by atoms with E-state index in [2.05, 4.69) is 75.7 Å². The molecule has 0 aromatic heterocycles. The average molecular weight is 495 g/mol. The lowest BCUT2D eigenvalue weighted by molar-refractivity contribution is 0.481. The SMILES string of the molecule is C[Si](C)(C)C1([Si](C)(C)C)c2cc(Oc3ccccc3)ccc2-c2ccc(Oc3ccccc3)cc21. The summed E-state index contributed by atoms with van der Waals surface area (Å²) in [6.07, 6.45) is 0. The summed E-state index contributed by atoms with van der Waals surface area (Å²) in [5.74, 6) is 3.55. The van der Waals surface area contributed by atoms with Crippen molar-refractivity contribution in [2.75, 3.05) is 0 Å². The van der Waals surface area contributed by atoms with Gasteiger partial charge in [0, 0.05) is 4.66 Å². The van der Waals surface area contributed by atoms with Crippen LogP contribution in [-0.4, -0.2) is 16.1 Å². The molecule has 4 aromatic carbocycles. The molecular weight excluding hydrogens is 461 g/mol. The highest BCUT2D eigenvalue weighted by Gasteiger charge is 2.59. The number of rotatable bonds is 6. The van der Waals surface area contributed by atoms with E-state index in [1.807, 2.05) is 60.7 Å². The van der Waals surface area contributed by atoms with Gasteiger partial charge in [0.25, 0.3) is 0 Å². The second-order valence-electron chi connectivity index (χ2n) is 11.5. The summed E-state index contributed by atoms with van der Waals surface area (Å²) in [5.41, 5.74) is 5.57. The van der Waals surface area contributed by atoms with Crippen molar-refractivity contribution in [3.8, 4) is 34.1 Å². The topological polar surface area (TPSA) is 18.5 Å². The summed E-state index contributed by atoms with van der Waals surface area (Å²) < 4.78 is 12.7. The molecule has 0 spiro atoms. The van der Waals surface area contributed by atoms with Crippen LogP contribution in [0, 0.1) is 0 Å². The van der Waals surface area contributed by atoms with Crippen LogP contribution in [0.5, 0.6) is 23.0 Å².